The fourth-order valence-corrected chi connectivity index (χ4v) is 9.15. The van der Waals surface area contributed by atoms with Crippen LogP contribution in [0.15, 0.2) is 182 Å². The van der Waals surface area contributed by atoms with Crippen molar-refractivity contribution in [2.24, 2.45) is 0 Å². The maximum Gasteiger partial charge on any atom is 0.255 e. The van der Waals surface area contributed by atoms with Gasteiger partial charge in [0.2, 0.25) is 0 Å². The Balaban J connectivity index is 1.19. The molecule has 0 atom stereocenters. The Morgan fingerprint density at radius 1 is 0.365 bits per heavy atom. The molecule has 9 aromatic carbocycles. The van der Waals surface area contributed by atoms with Crippen LogP contribution in [0.1, 0.15) is 0 Å². The summed E-state index contributed by atoms with van der Waals surface area (Å²) < 4.78 is 7.18. The highest BCUT2D eigenvalue weighted by Crippen LogP contribution is 2.49. The first-order valence-electron chi connectivity index (χ1n) is 17.9. The van der Waals surface area contributed by atoms with Gasteiger partial charge >= 0.3 is 0 Å². The molecule has 0 spiro atoms. The van der Waals surface area contributed by atoms with Gasteiger partial charge < -0.3 is 4.57 Å². The van der Waals surface area contributed by atoms with Crippen LogP contribution in [0.25, 0.3) is 104 Å². The lowest BCUT2D eigenvalue weighted by molar-refractivity contribution is -0.567. The minimum atomic E-state index is 1.14. The summed E-state index contributed by atoms with van der Waals surface area (Å²) in [4.78, 5) is 0. The molecule has 0 bridgehead atoms. The number of para-hydroxylation sites is 3. The van der Waals surface area contributed by atoms with Crippen molar-refractivity contribution in [3.05, 3.63) is 182 Å². The second-order valence-corrected chi connectivity index (χ2v) is 13.9. The first kappa shape index (κ1) is 27.8. The lowest BCUT2D eigenvalue weighted by atomic mass is 9.98. The Morgan fingerprint density at radius 2 is 0.942 bits per heavy atom. The zero-order chi connectivity index (χ0) is 33.9. The summed E-state index contributed by atoms with van der Waals surface area (Å²) in [5, 5.41) is 10.1. The van der Waals surface area contributed by atoms with Crippen LogP contribution in [-0.4, -0.2) is 9.13 Å². The summed E-state index contributed by atoms with van der Waals surface area (Å²) in [7, 11) is 0. The smallest absolute Gasteiger partial charge is 0.255 e. The summed E-state index contributed by atoms with van der Waals surface area (Å²) >= 11 is 0. The number of aromatic nitrogens is 3. The molecule has 52 heavy (non-hydrogen) atoms. The fraction of sp³-hybridized carbons (Fsp3) is 0. The fourth-order valence-electron chi connectivity index (χ4n) is 9.15. The molecule has 0 N–H and O–H groups in total. The lowest BCUT2D eigenvalue weighted by Crippen LogP contribution is -2.28. The Hall–Kier alpha value is -6.97. The monoisotopic (exact) mass is 660 g/mol. The zero-order valence-corrected chi connectivity index (χ0v) is 28.2. The molecule has 0 fully saturated rings. The highest BCUT2D eigenvalue weighted by molar-refractivity contribution is 6.26. The van der Waals surface area contributed by atoms with E-state index in [9.17, 15) is 0 Å². The molecular weight excluding hydrogens is 631 g/mol. The van der Waals surface area contributed by atoms with Gasteiger partial charge in [-0.05, 0) is 93.0 Å². The molecule has 11 aromatic rings. The van der Waals surface area contributed by atoms with Crippen LogP contribution < -0.4 is 4.57 Å². The van der Waals surface area contributed by atoms with Crippen molar-refractivity contribution >= 4 is 65.2 Å². The minimum Gasteiger partial charge on any atom is -0.308 e. The molecule has 0 amide bonds. The largest absolute Gasteiger partial charge is 0.308 e. The topological polar surface area (TPSA) is 13.7 Å². The van der Waals surface area contributed by atoms with Gasteiger partial charge in [0.1, 0.15) is 11.4 Å². The molecule has 0 aliphatic heterocycles. The third kappa shape index (κ3) is 3.61. The maximum absolute atomic E-state index is 2.53. The first-order chi connectivity index (χ1) is 25.8. The molecule has 0 radical (unpaired) electrons. The number of imidazole rings is 1. The van der Waals surface area contributed by atoms with E-state index in [2.05, 4.69) is 196 Å². The van der Waals surface area contributed by atoms with Crippen LogP contribution in [0, 0.1) is 0 Å². The number of fused-ring (bicyclic) bond motifs is 12. The highest BCUT2D eigenvalue weighted by atomic mass is 15.1. The SMILES string of the molecule is c1ccc(-n2c[n+](-c3ccccc3)c3ccc4c5ccc6c7ccccc7n(-c7ccc8c9c(cccc79)-c7ccccc7-8)c6c5ccc4c32)cc1. The molecule has 240 valence electrons. The zero-order valence-electron chi connectivity index (χ0n) is 28.2. The van der Waals surface area contributed by atoms with E-state index in [-0.39, 0.29) is 0 Å². The van der Waals surface area contributed by atoms with Crippen molar-refractivity contribution in [1.29, 1.82) is 0 Å². The molecular formula is C49H30N3+. The molecule has 3 heteroatoms. The number of rotatable bonds is 3. The van der Waals surface area contributed by atoms with Gasteiger partial charge in [-0.1, -0.05) is 121 Å². The molecule has 12 rings (SSSR count). The second kappa shape index (κ2) is 10.3. The van der Waals surface area contributed by atoms with Gasteiger partial charge in [-0.2, -0.15) is 9.13 Å². The van der Waals surface area contributed by atoms with Crippen LogP contribution in [-0.2, 0) is 0 Å². The minimum absolute atomic E-state index is 1.14. The van der Waals surface area contributed by atoms with Crippen molar-refractivity contribution in [1.82, 2.24) is 9.13 Å². The van der Waals surface area contributed by atoms with Crippen molar-refractivity contribution in [3.8, 4) is 39.3 Å². The van der Waals surface area contributed by atoms with E-state index in [1.165, 1.54) is 93.1 Å². The van der Waals surface area contributed by atoms with E-state index in [1.54, 1.807) is 0 Å². The molecule has 2 aromatic heterocycles. The Kier molecular flexibility index (Phi) is 5.50. The van der Waals surface area contributed by atoms with Crippen molar-refractivity contribution in [2.75, 3.05) is 0 Å². The number of hydrogen-bond acceptors (Lipinski definition) is 0. The number of hydrogen-bond donors (Lipinski definition) is 0. The maximum atomic E-state index is 2.53. The van der Waals surface area contributed by atoms with Crippen LogP contribution in [0.2, 0.25) is 0 Å². The van der Waals surface area contributed by atoms with Gasteiger partial charge in [0.05, 0.1) is 16.7 Å². The van der Waals surface area contributed by atoms with Gasteiger partial charge in [0.25, 0.3) is 6.33 Å². The summed E-state index contributed by atoms with van der Waals surface area (Å²) in [5.74, 6) is 0. The van der Waals surface area contributed by atoms with Crippen LogP contribution in [0.3, 0.4) is 0 Å². The molecule has 0 saturated heterocycles. The van der Waals surface area contributed by atoms with Gasteiger partial charge in [-0.3, -0.25) is 0 Å². The Morgan fingerprint density at radius 3 is 1.73 bits per heavy atom. The molecule has 0 unspecified atom stereocenters. The molecule has 0 saturated carbocycles. The second-order valence-electron chi connectivity index (χ2n) is 13.9. The van der Waals surface area contributed by atoms with Crippen molar-refractivity contribution < 1.29 is 4.57 Å². The summed E-state index contributed by atoms with van der Waals surface area (Å²) in [5.41, 5.74) is 13.6. The first-order valence-corrected chi connectivity index (χ1v) is 17.9. The van der Waals surface area contributed by atoms with E-state index >= 15 is 0 Å². The Bertz CT molecular complexity index is 3250. The third-order valence-electron chi connectivity index (χ3n) is 11.3. The van der Waals surface area contributed by atoms with E-state index in [0.717, 1.165) is 11.4 Å². The quantitative estimate of drug-likeness (QED) is 0.132. The molecule has 3 nitrogen and oxygen atoms in total. The van der Waals surface area contributed by atoms with Gasteiger partial charge in [-0.25, -0.2) is 0 Å². The normalized spacial score (nSPS) is 12.2. The average Bonchev–Trinajstić information content (AvgIpc) is 3.88. The van der Waals surface area contributed by atoms with E-state index in [0.29, 0.717) is 0 Å². The molecule has 1 aliphatic carbocycles. The molecule has 2 heterocycles. The predicted molar refractivity (Wildman–Crippen MR) is 216 cm³/mol. The van der Waals surface area contributed by atoms with E-state index < -0.39 is 0 Å². The number of nitrogens with zero attached hydrogens (tertiary/aromatic N) is 3. The molecule has 1 aliphatic rings. The van der Waals surface area contributed by atoms with Crippen LogP contribution in [0.4, 0.5) is 0 Å². The van der Waals surface area contributed by atoms with Gasteiger partial charge in [-0.15, -0.1) is 0 Å². The lowest BCUT2D eigenvalue weighted by Gasteiger charge is -2.15. The summed E-state index contributed by atoms with van der Waals surface area (Å²) in [6, 6.07) is 64.5. The van der Waals surface area contributed by atoms with E-state index in [4.69, 9.17) is 0 Å². The summed E-state index contributed by atoms with van der Waals surface area (Å²) in [6.45, 7) is 0. The van der Waals surface area contributed by atoms with Gasteiger partial charge in [0, 0.05) is 26.9 Å². The van der Waals surface area contributed by atoms with Crippen LogP contribution in [0.5, 0.6) is 0 Å². The predicted octanol–water partition coefficient (Wildman–Crippen LogP) is 12.1. The van der Waals surface area contributed by atoms with E-state index in [1.807, 2.05) is 0 Å². The average molecular weight is 661 g/mol. The van der Waals surface area contributed by atoms with Gasteiger partial charge in [0.15, 0.2) is 11.0 Å². The highest BCUT2D eigenvalue weighted by Gasteiger charge is 2.26. The standard InChI is InChI=1S/C49H30N3/c1-3-12-31(13-4-1)50-30-51(32-14-5-2-6-15-32)49-41-25-24-40-35(36(41)26-29-46(49)50)22-23-42-37-18-9-10-21-44(37)52(48(40)42)45-28-27-39-34-17-8-7-16-33(34)38-19-11-20-43(45)47(38)39/h1-30H/q+1. The third-order valence-corrected chi connectivity index (χ3v) is 11.3. The van der Waals surface area contributed by atoms with Crippen molar-refractivity contribution in [2.45, 2.75) is 0 Å². The Labute approximate surface area is 299 Å². The summed E-state index contributed by atoms with van der Waals surface area (Å²) in [6.07, 6.45) is 2.23. The number of benzene rings is 9. The van der Waals surface area contributed by atoms with Crippen molar-refractivity contribution in [3.63, 3.8) is 0 Å². The van der Waals surface area contributed by atoms with Crippen LogP contribution >= 0.6 is 0 Å².